The van der Waals surface area contributed by atoms with Crippen LogP contribution in [0.5, 0.6) is 0 Å². The van der Waals surface area contributed by atoms with Crippen molar-refractivity contribution in [3.05, 3.63) is 42.5 Å². The Balaban J connectivity index is 2.42. The number of methoxy groups -OCH3 is 1. The van der Waals surface area contributed by atoms with Crippen LogP contribution in [-0.4, -0.2) is 38.9 Å². The number of carbonyl (C=O) groups excluding carboxylic acids is 1. The van der Waals surface area contributed by atoms with Gasteiger partial charge in [-0.3, -0.25) is 4.79 Å². The SMILES string of the molecule is CCN(CC(=O)OC)S(=O)(=O)c1ccc2ccccc2c1. The van der Waals surface area contributed by atoms with Crippen molar-refractivity contribution in [2.75, 3.05) is 20.2 Å². The maximum absolute atomic E-state index is 12.6. The second-order valence-corrected chi connectivity index (χ2v) is 6.45. The lowest BCUT2D eigenvalue weighted by molar-refractivity contribution is -0.140. The van der Waals surface area contributed by atoms with Gasteiger partial charge in [0, 0.05) is 6.54 Å². The van der Waals surface area contributed by atoms with Crippen LogP contribution in [0.25, 0.3) is 10.8 Å². The van der Waals surface area contributed by atoms with Gasteiger partial charge in [-0.15, -0.1) is 0 Å². The number of ether oxygens (including phenoxy) is 1. The first-order valence-corrected chi connectivity index (χ1v) is 7.99. The molecule has 5 nitrogen and oxygen atoms in total. The zero-order valence-corrected chi connectivity index (χ0v) is 12.8. The molecule has 0 aliphatic carbocycles. The predicted molar refractivity (Wildman–Crippen MR) is 80.4 cm³/mol. The fourth-order valence-corrected chi connectivity index (χ4v) is 3.48. The van der Waals surface area contributed by atoms with Crippen molar-refractivity contribution >= 4 is 26.8 Å². The fraction of sp³-hybridized carbons (Fsp3) is 0.267. The number of rotatable bonds is 5. The lowest BCUT2D eigenvalue weighted by atomic mass is 10.1. The van der Waals surface area contributed by atoms with Gasteiger partial charge in [0.15, 0.2) is 0 Å². The van der Waals surface area contributed by atoms with E-state index in [4.69, 9.17) is 0 Å². The van der Waals surface area contributed by atoms with Crippen LogP contribution in [0.15, 0.2) is 47.4 Å². The van der Waals surface area contributed by atoms with Gasteiger partial charge >= 0.3 is 5.97 Å². The summed E-state index contributed by atoms with van der Waals surface area (Å²) in [7, 11) is -2.48. The smallest absolute Gasteiger partial charge is 0.321 e. The number of carbonyl (C=O) groups is 1. The highest BCUT2D eigenvalue weighted by atomic mass is 32.2. The van der Waals surface area contributed by atoms with E-state index in [1.54, 1.807) is 25.1 Å². The summed E-state index contributed by atoms with van der Waals surface area (Å²) in [6, 6.07) is 12.4. The van der Waals surface area contributed by atoms with Gasteiger partial charge in [0.25, 0.3) is 0 Å². The Morgan fingerprint density at radius 3 is 2.43 bits per heavy atom. The van der Waals surface area contributed by atoms with Gasteiger partial charge < -0.3 is 4.74 Å². The number of hydrogen-bond donors (Lipinski definition) is 0. The Morgan fingerprint density at radius 2 is 1.81 bits per heavy atom. The van der Waals surface area contributed by atoms with Crippen LogP contribution >= 0.6 is 0 Å². The molecule has 0 bridgehead atoms. The van der Waals surface area contributed by atoms with E-state index in [1.807, 2.05) is 24.3 Å². The molecule has 0 aliphatic heterocycles. The van der Waals surface area contributed by atoms with Gasteiger partial charge in [0.1, 0.15) is 6.54 Å². The Bertz CT molecular complexity index is 755. The number of nitrogens with zero attached hydrogens (tertiary/aromatic N) is 1. The molecule has 21 heavy (non-hydrogen) atoms. The normalized spacial score (nSPS) is 11.8. The van der Waals surface area contributed by atoms with Gasteiger partial charge in [0.2, 0.25) is 10.0 Å². The molecule has 0 spiro atoms. The minimum atomic E-state index is -3.72. The molecule has 0 radical (unpaired) electrons. The highest BCUT2D eigenvalue weighted by Gasteiger charge is 2.25. The molecule has 0 heterocycles. The summed E-state index contributed by atoms with van der Waals surface area (Å²) in [6.07, 6.45) is 0. The van der Waals surface area contributed by atoms with E-state index in [0.29, 0.717) is 0 Å². The largest absolute Gasteiger partial charge is 0.468 e. The van der Waals surface area contributed by atoms with Crippen molar-refractivity contribution < 1.29 is 17.9 Å². The average Bonchev–Trinajstić information content (AvgIpc) is 2.51. The van der Waals surface area contributed by atoms with E-state index >= 15 is 0 Å². The molecule has 6 heteroatoms. The summed E-state index contributed by atoms with van der Waals surface area (Å²) < 4.78 is 30.8. The second-order valence-electron chi connectivity index (χ2n) is 4.52. The minimum absolute atomic E-state index is 0.173. The molecule has 0 saturated carbocycles. The van der Waals surface area contributed by atoms with Crippen molar-refractivity contribution in [1.29, 1.82) is 0 Å². The number of esters is 1. The molecule has 0 N–H and O–H groups in total. The number of fused-ring (bicyclic) bond motifs is 1. The van der Waals surface area contributed by atoms with Crippen LogP contribution < -0.4 is 0 Å². The molecular weight excluding hydrogens is 290 g/mol. The summed E-state index contributed by atoms with van der Waals surface area (Å²) in [5, 5.41) is 1.81. The van der Waals surface area contributed by atoms with E-state index in [0.717, 1.165) is 15.1 Å². The van der Waals surface area contributed by atoms with E-state index < -0.39 is 16.0 Å². The first kappa shape index (κ1) is 15.5. The van der Waals surface area contributed by atoms with Crippen LogP contribution in [0.4, 0.5) is 0 Å². The third-order valence-corrected chi connectivity index (χ3v) is 5.16. The maximum atomic E-state index is 12.6. The lowest BCUT2D eigenvalue weighted by Gasteiger charge is -2.19. The molecule has 112 valence electrons. The van der Waals surface area contributed by atoms with Crippen molar-refractivity contribution in [3.8, 4) is 0 Å². The van der Waals surface area contributed by atoms with Crippen molar-refractivity contribution in [2.24, 2.45) is 0 Å². The molecular formula is C15H17NO4S. The van der Waals surface area contributed by atoms with E-state index in [1.165, 1.54) is 7.11 Å². The summed E-state index contributed by atoms with van der Waals surface area (Å²) in [6.45, 7) is 1.59. The third-order valence-electron chi connectivity index (χ3n) is 3.24. The van der Waals surface area contributed by atoms with Crippen LogP contribution in [0.3, 0.4) is 0 Å². The molecule has 0 unspecified atom stereocenters. The first-order valence-electron chi connectivity index (χ1n) is 6.55. The molecule has 0 aliphatic rings. The van der Waals surface area contributed by atoms with Gasteiger partial charge in [-0.25, -0.2) is 8.42 Å². The Kier molecular flexibility index (Phi) is 4.59. The molecule has 0 atom stereocenters. The Labute approximate surface area is 124 Å². The summed E-state index contributed by atoms with van der Waals surface area (Å²) in [5.41, 5.74) is 0. The minimum Gasteiger partial charge on any atom is -0.468 e. The summed E-state index contributed by atoms with van der Waals surface area (Å²) in [5.74, 6) is -0.582. The number of hydrogen-bond acceptors (Lipinski definition) is 4. The standard InChI is InChI=1S/C15H17NO4S/c1-3-16(11-15(17)20-2)21(18,19)14-9-8-12-6-4-5-7-13(12)10-14/h4-10H,3,11H2,1-2H3. The topological polar surface area (TPSA) is 63.7 Å². The number of likely N-dealkylation sites (N-methyl/N-ethyl adjacent to an activating group) is 1. The monoisotopic (exact) mass is 307 g/mol. The van der Waals surface area contributed by atoms with Gasteiger partial charge in [0.05, 0.1) is 12.0 Å². The first-order chi connectivity index (χ1) is 9.98. The molecule has 0 fully saturated rings. The van der Waals surface area contributed by atoms with Crippen molar-refractivity contribution in [3.63, 3.8) is 0 Å². The lowest BCUT2D eigenvalue weighted by Crippen LogP contribution is -2.36. The van der Waals surface area contributed by atoms with Crippen LogP contribution in [0.1, 0.15) is 6.92 Å². The van der Waals surface area contributed by atoms with Crippen LogP contribution in [0, 0.1) is 0 Å². The molecule has 0 amide bonds. The Hall–Kier alpha value is -1.92. The Morgan fingerprint density at radius 1 is 1.14 bits per heavy atom. The van der Waals surface area contributed by atoms with E-state index in [9.17, 15) is 13.2 Å². The molecule has 2 rings (SSSR count). The zero-order chi connectivity index (χ0) is 15.5. The summed E-state index contributed by atoms with van der Waals surface area (Å²) >= 11 is 0. The van der Waals surface area contributed by atoms with Gasteiger partial charge in [-0.05, 0) is 22.9 Å². The quantitative estimate of drug-likeness (QED) is 0.793. The zero-order valence-electron chi connectivity index (χ0n) is 11.9. The average molecular weight is 307 g/mol. The van der Waals surface area contributed by atoms with Crippen molar-refractivity contribution in [1.82, 2.24) is 4.31 Å². The fourth-order valence-electron chi connectivity index (χ4n) is 2.05. The van der Waals surface area contributed by atoms with Crippen molar-refractivity contribution in [2.45, 2.75) is 11.8 Å². The molecule has 0 aromatic heterocycles. The number of benzene rings is 2. The molecule has 0 saturated heterocycles. The molecule has 2 aromatic carbocycles. The van der Waals surface area contributed by atoms with Crippen LogP contribution in [-0.2, 0) is 19.6 Å². The maximum Gasteiger partial charge on any atom is 0.321 e. The highest BCUT2D eigenvalue weighted by molar-refractivity contribution is 7.89. The third kappa shape index (κ3) is 3.22. The van der Waals surface area contributed by atoms with E-state index in [-0.39, 0.29) is 18.0 Å². The summed E-state index contributed by atoms with van der Waals surface area (Å²) in [4.78, 5) is 11.5. The van der Waals surface area contributed by atoms with E-state index in [2.05, 4.69) is 4.74 Å². The predicted octanol–water partition coefficient (Wildman–Crippen LogP) is 2.02. The molecule has 2 aromatic rings. The second kappa shape index (κ2) is 6.24. The van der Waals surface area contributed by atoms with Crippen LogP contribution in [0.2, 0.25) is 0 Å². The van der Waals surface area contributed by atoms with Gasteiger partial charge in [-0.2, -0.15) is 4.31 Å². The number of sulfonamides is 1. The highest BCUT2D eigenvalue weighted by Crippen LogP contribution is 2.21. The van der Waals surface area contributed by atoms with Gasteiger partial charge in [-0.1, -0.05) is 37.3 Å².